The Hall–Kier alpha value is -2.34. The lowest BCUT2D eigenvalue weighted by atomic mass is 9.93. The number of carbonyl (C=O) groups excluding carboxylic acids is 1. The van der Waals surface area contributed by atoms with Crippen LogP contribution in [0.15, 0.2) is 47.4 Å². The van der Waals surface area contributed by atoms with Crippen molar-refractivity contribution < 1.29 is 17.9 Å². The molecule has 0 aromatic heterocycles. The van der Waals surface area contributed by atoms with Crippen molar-refractivity contribution in [2.75, 3.05) is 11.3 Å². The molecule has 0 fully saturated rings. The number of nitrogens with one attached hydrogen (secondary N) is 1. The third-order valence-corrected chi connectivity index (χ3v) is 5.65. The Morgan fingerprint density at radius 1 is 0.963 bits per heavy atom. The molecule has 2 rings (SSSR count). The van der Waals surface area contributed by atoms with Gasteiger partial charge < -0.3 is 4.74 Å². The summed E-state index contributed by atoms with van der Waals surface area (Å²) in [6.45, 7) is 10.1. The van der Waals surface area contributed by atoms with E-state index in [1.807, 2.05) is 45.9 Å². The quantitative estimate of drug-likeness (QED) is 0.683. The lowest BCUT2D eigenvalue weighted by Gasteiger charge is -2.21. The number of anilines is 1. The molecule has 0 spiro atoms. The van der Waals surface area contributed by atoms with Crippen LogP contribution >= 0.6 is 0 Å². The van der Waals surface area contributed by atoms with Crippen LogP contribution in [-0.2, 0) is 14.8 Å². The van der Waals surface area contributed by atoms with Crippen molar-refractivity contribution >= 4 is 21.7 Å². The summed E-state index contributed by atoms with van der Waals surface area (Å²) in [6.07, 6.45) is 0. The minimum Gasteiger partial charge on any atom is -0.462 e. The van der Waals surface area contributed by atoms with Crippen LogP contribution < -0.4 is 4.72 Å². The highest BCUT2D eigenvalue weighted by Crippen LogP contribution is 2.34. The Morgan fingerprint density at radius 2 is 1.48 bits per heavy atom. The Kier molecular flexibility index (Phi) is 6.65. The summed E-state index contributed by atoms with van der Waals surface area (Å²) in [5.74, 6) is -0.123. The van der Waals surface area contributed by atoms with Gasteiger partial charge in [-0.3, -0.25) is 4.72 Å². The van der Waals surface area contributed by atoms with E-state index in [2.05, 4.69) is 4.72 Å². The number of hydrogen-bond donors (Lipinski definition) is 1. The molecule has 6 heteroatoms. The van der Waals surface area contributed by atoms with Crippen molar-refractivity contribution in [2.24, 2.45) is 0 Å². The molecule has 1 N–H and O–H groups in total. The molecule has 146 valence electrons. The first-order chi connectivity index (χ1) is 12.7. The second-order valence-electron chi connectivity index (χ2n) is 6.97. The first kappa shape index (κ1) is 21.0. The van der Waals surface area contributed by atoms with Gasteiger partial charge in [0.25, 0.3) is 10.0 Å². The summed E-state index contributed by atoms with van der Waals surface area (Å²) in [6, 6.07) is 11.6. The Labute approximate surface area is 161 Å². The lowest BCUT2D eigenvalue weighted by molar-refractivity contribution is 0.0526. The smallest absolute Gasteiger partial charge is 0.338 e. The average Bonchev–Trinajstić information content (AvgIpc) is 2.61. The first-order valence-electron chi connectivity index (χ1n) is 9.10. The van der Waals surface area contributed by atoms with Gasteiger partial charge in [-0.1, -0.05) is 45.9 Å². The molecule has 2 aromatic carbocycles. The summed E-state index contributed by atoms with van der Waals surface area (Å²) in [4.78, 5) is 11.8. The number of ether oxygens (including phenoxy) is 1. The standard InChI is InChI=1S/C21H27NO4S/c1-6-26-21(23)16-10-12-17(13-11-16)27(24,25)22-20-18(14(2)3)8-7-9-19(20)15(4)5/h7-15,22H,6H2,1-5H3. The SMILES string of the molecule is CCOC(=O)c1ccc(S(=O)(=O)Nc2c(C(C)C)cccc2C(C)C)cc1. The number of esters is 1. The fourth-order valence-electron chi connectivity index (χ4n) is 2.85. The maximum absolute atomic E-state index is 12.9. The van der Waals surface area contributed by atoms with Gasteiger partial charge in [0.05, 0.1) is 22.8 Å². The van der Waals surface area contributed by atoms with E-state index in [9.17, 15) is 13.2 Å². The fraction of sp³-hybridized carbons (Fsp3) is 0.381. The number of sulfonamides is 1. The molecular weight excluding hydrogens is 362 g/mol. The van der Waals surface area contributed by atoms with Gasteiger partial charge in [-0.25, -0.2) is 13.2 Å². The van der Waals surface area contributed by atoms with Crippen molar-refractivity contribution in [3.8, 4) is 0 Å². The average molecular weight is 390 g/mol. The molecule has 0 aliphatic carbocycles. The van der Waals surface area contributed by atoms with Crippen molar-refractivity contribution in [3.63, 3.8) is 0 Å². The number of rotatable bonds is 7. The summed E-state index contributed by atoms with van der Waals surface area (Å²) < 4.78 is 33.6. The third kappa shape index (κ3) is 4.89. The van der Waals surface area contributed by atoms with Gasteiger partial charge in [-0.2, -0.15) is 0 Å². The van der Waals surface area contributed by atoms with Crippen LogP contribution in [-0.4, -0.2) is 21.0 Å². The molecule has 2 aromatic rings. The topological polar surface area (TPSA) is 72.5 Å². The summed E-state index contributed by atoms with van der Waals surface area (Å²) in [7, 11) is -3.78. The molecular formula is C21H27NO4S. The molecule has 0 saturated heterocycles. The van der Waals surface area contributed by atoms with Crippen molar-refractivity contribution in [1.82, 2.24) is 0 Å². The second kappa shape index (κ2) is 8.57. The Balaban J connectivity index is 2.41. The number of hydrogen-bond acceptors (Lipinski definition) is 4. The maximum Gasteiger partial charge on any atom is 0.338 e. The zero-order chi connectivity index (χ0) is 20.2. The van der Waals surface area contributed by atoms with E-state index < -0.39 is 16.0 Å². The lowest BCUT2D eigenvalue weighted by Crippen LogP contribution is -2.17. The number of benzene rings is 2. The van der Waals surface area contributed by atoms with Gasteiger partial charge >= 0.3 is 5.97 Å². The normalized spacial score (nSPS) is 11.7. The van der Waals surface area contributed by atoms with E-state index in [1.54, 1.807) is 6.92 Å². The summed E-state index contributed by atoms with van der Waals surface area (Å²) in [5, 5.41) is 0. The molecule has 0 aliphatic rings. The van der Waals surface area contributed by atoms with Crippen LogP contribution in [0.1, 0.15) is 67.9 Å². The Morgan fingerprint density at radius 3 is 1.93 bits per heavy atom. The van der Waals surface area contributed by atoms with E-state index in [-0.39, 0.29) is 23.3 Å². The highest BCUT2D eigenvalue weighted by Gasteiger charge is 2.21. The van der Waals surface area contributed by atoms with Gasteiger partial charge in [0.15, 0.2) is 0 Å². The molecule has 0 atom stereocenters. The van der Waals surface area contributed by atoms with Gasteiger partial charge in [0.1, 0.15) is 0 Å². The van der Waals surface area contributed by atoms with Crippen LogP contribution in [0.3, 0.4) is 0 Å². The van der Waals surface area contributed by atoms with E-state index in [0.717, 1.165) is 11.1 Å². The molecule has 0 amide bonds. The second-order valence-corrected chi connectivity index (χ2v) is 8.65. The fourth-order valence-corrected chi connectivity index (χ4v) is 3.96. The predicted octanol–water partition coefficient (Wildman–Crippen LogP) is 4.91. The Bertz CT molecular complexity index is 874. The molecule has 0 saturated carbocycles. The first-order valence-corrected chi connectivity index (χ1v) is 10.6. The van der Waals surface area contributed by atoms with E-state index in [0.29, 0.717) is 11.3 Å². The minimum atomic E-state index is -3.78. The van der Waals surface area contributed by atoms with Crippen LogP contribution in [0.25, 0.3) is 0 Å². The van der Waals surface area contributed by atoms with E-state index in [4.69, 9.17) is 4.74 Å². The highest BCUT2D eigenvalue weighted by molar-refractivity contribution is 7.92. The molecule has 0 heterocycles. The van der Waals surface area contributed by atoms with Crippen LogP contribution in [0.4, 0.5) is 5.69 Å². The zero-order valence-corrected chi connectivity index (χ0v) is 17.3. The van der Waals surface area contributed by atoms with Crippen LogP contribution in [0, 0.1) is 0 Å². The zero-order valence-electron chi connectivity index (χ0n) is 16.4. The van der Waals surface area contributed by atoms with E-state index >= 15 is 0 Å². The molecule has 0 radical (unpaired) electrons. The third-order valence-electron chi connectivity index (χ3n) is 4.29. The number of para-hydroxylation sites is 1. The van der Waals surface area contributed by atoms with Crippen molar-refractivity contribution in [2.45, 2.75) is 51.3 Å². The van der Waals surface area contributed by atoms with Gasteiger partial charge in [0, 0.05) is 0 Å². The molecule has 0 aliphatic heterocycles. The minimum absolute atomic E-state index is 0.101. The monoisotopic (exact) mass is 389 g/mol. The maximum atomic E-state index is 12.9. The predicted molar refractivity (Wildman–Crippen MR) is 108 cm³/mol. The largest absolute Gasteiger partial charge is 0.462 e. The van der Waals surface area contributed by atoms with E-state index in [1.165, 1.54) is 24.3 Å². The van der Waals surface area contributed by atoms with Crippen LogP contribution in [0.5, 0.6) is 0 Å². The molecule has 0 unspecified atom stereocenters. The van der Waals surface area contributed by atoms with Gasteiger partial charge in [-0.15, -0.1) is 0 Å². The highest BCUT2D eigenvalue weighted by atomic mass is 32.2. The van der Waals surface area contributed by atoms with Crippen LogP contribution in [0.2, 0.25) is 0 Å². The van der Waals surface area contributed by atoms with Gasteiger partial charge in [0.2, 0.25) is 0 Å². The number of carbonyl (C=O) groups is 1. The molecule has 5 nitrogen and oxygen atoms in total. The van der Waals surface area contributed by atoms with Crippen molar-refractivity contribution in [1.29, 1.82) is 0 Å². The molecule has 0 bridgehead atoms. The van der Waals surface area contributed by atoms with Crippen molar-refractivity contribution in [3.05, 3.63) is 59.2 Å². The molecule has 27 heavy (non-hydrogen) atoms. The van der Waals surface area contributed by atoms with Gasteiger partial charge in [-0.05, 0) is 54.2 Å². The summed E-state index contributed by atoms with van der Waals surface area (Å²) >= 11 is 0. The summed E-state index contributed by atoms with van der Waals surface area (Å²) in [5.41, 5.74) is 2.86.